The lowest BCUT2D eigenvalue weighted by Gasteiger charge is -2.15. The summed E-state index contributed by atoms with van der Waals surface area (Å²) in [5.74, 6) is 1.82. The Morgan fingerprint density at radius 3 is 1.98 bits per heavy atom. The van der Waals surface area contributed by atoms with Crippen LogP contribution in [0.1, 0.15) is 0 Å². The summed E-state index contributed by atoms with van der Waals surface area (Å²) in [4.78, 5) is 15.9. The van der Waals surface area contributed by atoms with Gasteiger partial charge in [0, 0.05) is 58.4 Å². The zero-order valence-electron chi connectivity index (χ0n) is 29.3. The minimum Gasteiger partial charge on any atom is -0.454 e. The number of nitrogens with zero attached hydrogens (tertiary/aromatic N) is 4. The van der Waals surface area contributed by atoms with Crippen molar-refractivity contribution in [3.63, 3.8) is 0 Å². The minimum absolute atomic E-state index is 0.575. The zero-order valence-corrected chi connectivity index (χ0v) is 30.1. The number of rotatable bonds is 4. The predicted octanol–water partition coefficient (Wildman–Crippen LogP) is 13.4. The van der Waals surface area contributed by atoms with Gasteiger partial charge in [0.05, 0.1) is 11.0 Å². The topological polar surface area (TPSA) is 56.7 Å². The molecular formula is C49H28N4OS. The molecule has 0 unspecified atom stereocenters. The Balaban J connectivity index is 1.22. The average Bonchev–Trinajstić information content (AvgIpc) is 3.92. The van der Waals surface area contributed by atoms with Gasteiger partial charge in [-0.15, -0.1) is 11.3 Å². The summed E-state index contributed by atoms with van der Waals surface area (Å²) >= 11 is 1.78. The molecule has 256 valence electrons. The molecule has 55 heavy (non-hydrogen) atoms. The Bertz CT molecular complexity index is 3500. The first-order valence-corrected chi connectivity index (χ1v) is 19.2. The highest BCUT2D eigenvalue weighted by atomic mass is 32.1. The Morgan fingerprint density at radius 2 is 1.11 bits per heavy atom. The van der Waals surface area contributed by atoms with E-state index in [2.05, 4.69) is 144 Å². The van der Waals surface area contributed by atoms with Crippen LogP contribution in [-0.2, 0) is 0 Å². The van der Waals surface area contributed by atoms with Gasteiger partial charge in [-0.25, -0.2) is 15.0 Å². The van der Waals surface area contributed by atoms with Crippen LogP contribution in [0.3, 0.4) is 0 Å². The van der Waals surface area contributed by atoms with Gasteiger partial charge in [-0.2, -0.15) is 0 Å². The lowest BCUT2D eigenvalue weighted by Crippen LogP contribution is -2.04. The average molecular weight is 721 g/mol. The number of hydrogen-bond donors (Lipinski definition) is 0. The molecule has 6 heteroatoms. The highest BCUT2D eigenvalue weighted by Crippen LogP contribution is 2.44. The van der Waals surface area contributed by atoms with Crippen molar-refractivity contribution in [2.75, 3.05) is 0 Å². The van der Waals surface area contributed by atoms with Crippen LogP contribution >= 0.6 is 11.3 Å². The molecule has 4 aromatic heterocycles. The smallest absolute Gasteiger partial charge is 0.166 e. The molecule has 0 amide bonds. The molecule has 0 aliphatic carbocycles. The van der Waals surface area contributed by atoms with Crippen LogP contribution in [0.5, 0.6) is 0 Å². The van der Waals surface area contributed by atoms with Crippen LogP contribution < -0.4 is 0 Å². The van der Waals surface area contributed by atoms with E-state index < -0.39 is 0 Å². The summed E-state index contributed by atoms with van der Waals surface area (Å²) in [6, 6.07) is 59.6. The van der Waals surface area contributed by atoms with Crippen molar-refractivity contribution >= 4 is 86.0 Å². The van der Waals surface area contributed by atoms with Crippen molar-refractivity contribution in [1.29, 1.82) is 0 Å². The standard InChI is InChI=1S/C49H28N4OS/c1-2-13-29(14-3-1)47-50-48(52-49(51-47)38-21-12-20-36-34-19-8-11-24-43(34)55-46(36)38)37-26-25-35-33-18-7-10-23-42(33)54-45(35)44(37)53-40-22-9-6-17-32(40)39-27-30-15-4-5-16-31(30)28-41(39)53/h1-28H. The largest absolute Gasteiger partial charge is 0.454 e. The molecule has 0 aliphatic heterocycles. The molecule has 0 saturated heterocycles. The number of aromatic nitrogens is 4. The maximum absolute atomic E-state index is 6.89. The van der Waals surface area contributed by atoms with E-state index in [1.807, 2.05) is 30.3 Å². The molecule has 0 spiro atoms. The van der Waals surface area contributed by atoms with Crippen molar-refractivity contribution in [2.24, 2.45) is 0 Å². The van der Waals surface area contributed by atoms with Crippen molar-refractivity contribution < 1.29 is 4.42 Å². The van der Waals surface area contributed by atoms with Crippen molar-refractivity contribution in [2.45, 2.75) is 0 Å². The maximum atomic E-state index is 6.89. The maximum Gasteiger partial charge on any atom is 0.166 e. The highest BCUT2D eigenvalue weighted by molar-refractivity contribution is 7.26. The quantitative estimate of drug-likeness (QED) is 0.182. The van der Waals surface area contributed by atoms with Crippen LogP contribution in [0.15, 0.2) is 174 Å². The Morgan fingerprint density at radius 1 is 0.436 bits per heavy atom. The first-order chi connectivity index (χ1) is 27.3. The van der Waals surface area contributed by atoms with Gasteiger partial charge in [0.1, 0.15) is 11.3 Å². The van der Waals surface area contributed by atoms with E-state index in [-0.39, 0.29) is 0 Å². The monoisotopic (exact) mass is 720 g/mol. The van der Waals surface area contributed by atoms with Gasteiger partial charge < -0.3 is 8.98 Å². The summed E-state index contributed by atoms with van der Waals surface area (Å²) in [7, 11) is 0. The molecule has 0 radical (unpaired) electrons. The van der Waals surface area contributed by atoms with E-state index in [4.69, 9.17) is 19.4 Å². The fourth-order valence-electron chi connectivity index (χ4n) is 8.33. The first kappa shape index (κ1) is 30.3. The molecule has 4 heterocycles. The summed E-state index contributed by atoms with van der Waals surface area (Å²) < 4.78 is 11.6. The van der Waals surface area contributed by atoms with Crippen LogP contribution in [0.2, 0.25) is 0 Å². The Hall–Kier alpha value is -7.15. The van der Waals surface area contributed by atoms with Crippen LogP contribution in [0.25, 0.3) is 115 Å². The second-order valence-electron chi connectivity index (χ2n) is 14.0. The van der Waals surface area contributed by atoms with Gasteiger partial charge in [0.15, 0.2) is 23.1 Å². The second-order valence-corrected chi connectivity index (χ2v) is 15.0. The first-order valence-electron chi connectivity index (χ1n) is 18.4. The van der Waals surface area contributed by atoms with E-state index in [0.29, 0.717) is 17.5 Å². The molecule has 5 nitrogen and oxygen atoms in total. The number of fused-ring (bicyclic) bond motifs is 10. The summed E-state index contributed by atoms with van der Waals surface area (Å²) in [5, 5.41) is 9.24. The van der Waals surface area contributed by atoms with Gasteiger partial charge >= 0.3 is 0 Å². The Labute approximate surface area is 318 Å². The molecule has 0 atom stereocenters. The van der Waals surface area contributed by atoms with E-state index in [9.17, 15) is 0 Å². The molecule has 8 aromatic carbocycles. The summed E-state index contributed by atoms with van der Waals surface area (Å²) in [6.07, 6.45) is 0. The lowest BCUT2D eigenvalue weighted by molar-refractivity contribution is 0.666. The highest BCUT2D eigenvalue weighted by Gasteiger charge is 2.25. The zero-order chi connectivity index (χ0) is 36.0. The summed E-state index contributed by atoms with van der Waals surface area (Å²) in [5.41, 5.74) is 7.43. The number of furan rings is 1. The number of thiophene rings is 1. The molecule has 12 aromatic rings. The van der Waals surface area contributed by atoms with Gasteiger partial charge in [0.2, 0.25) is 0 Å². The number of para-hydroxylation sites is 2. The Kier molecular flexibility index (Phi) is 6.44. The normalized spacial score (nSPS) is 12.0. The molecule has 0 aliphatic rings. The van der Waals surface area contributed by atoms with Gasteiger partial charge in [-0.1, -0.05) is 121 Å². The van der Waals surface area contributed by atoms with Crippen molar-refractivity contribution in [1.82, 2.24) is 19.5 Å². The van der Waals surface area contributed by atoms with Crippen molar-refractivity contribution in [3.05, 3.63) is 170 Å². The molecule has 12 rings (SSSR count). The third kappa shape index (κ3) is 4.55. The van der Waals surface area contributed by atoms with E-state index in [1.54, 1.807) is 11.3 Å². The molecule has 0 fully saturated rings. The molecule has 0 N–H and O–H groups in total. The van der Waals surface area contributed by atoms with Crippen LogP contribution in [0, 0.1) is 0 Å². The van der Waals surface area contributed by atoms with Gasteiger partial charge in [0.25, 0.3) is 0 Å². The van der Waals surface area contributed by atoms with Crippen LogP contribution in [0.4, 0.5) is 0 Å². The second kappa shape index (κ2) is 11.7. The minimum atomic E-state index is 0.575. The fourth-order valence-corrected chi connectivity index (χ4v) is 9.54. The molecular weight excluding hydrogens is 693 g/mol. The molecule has 0 saturated carbocycles. The number of hydrogen-bond acceptors (Lipinski definition) is 5. The summed E-state index contributed by atoms with van der Waals surface area (Å²) in [6.45, 7) is 0. The third-order valence-electron chi connectivity index (χ3n) is 10.8. The van der Waals surface area contributed by atoms with E-state index >= 15 is 0 Å². The number of benzene rings is 8. The lowest BCUT2D eigenvalue weighted by atomic mass is 10.0. The van der Waals surface area contributed by atoms with Crippen LogP contribution in [-0.4, -0.2) is 19.5 Å². The van der Waals surface area contributed by atoms with E-state index in [0.717, 1.165) is 60.0 Å². The SMILES string of the molecule is c1ccc(-c2nc(-c3ccc4c(oc5ccccc54)c3-n3c4ccccc4c4cc5ccccc5cc43)nc(-c3cccc4c3sc3ccccc34)n2)cc1. The van der Waals surface area contributed by atoms with E-state index in [1.165, 1.54) is 37.0 Å². The van der Waals surface area contributed by atoms with Gasteiger partial charge in [-0.05, 0) is 59.3 Å². The fraction of sp³-hybridized carbons (Fsp3) is 0. The van der Waals surface area contributed by atoms with Crippen molar-refractivity contribution in [3.8, 4) is 39.9 Å². The van der Waals surface area contributed by atoms with Gasteiger partial charge in [-0.3, -0.25) is 0 Å². The molecule has 0 bridgehead atoms. The predicted molar refractivity (Wildman–Crippen MR) is 228 cm³/mol. The third-order valence-corrected chi connectivity index (χ3v) is 12.1.